The van der Waals surface area contributed by atoms with Crippen LogP contribution in [0.4, 0.5) is 0 Å². The Labute approximate surface area is 87.3 Å². The molecule has 0 aliphatic heterocycles. The molecule has 2 aliphatic rings. The summed E-state index contributed by atoms with van der Waals surface area (Å²) in [6, 6.07) is 0. The van der Waals surface area contributed by atoms with Gasteiger partial charge in [0.15, 0.2) is 0 Å². The van der Waals surface area contributed by atoms with Crippen LogP contribution in [0, 0.1) is 0 Å². The molecule has 2 aliphatic carbocycles. The largest absolute Gasteiger partial charge is 0.412 e. The van der Waals surface area contributed by atoms with Crippen LogP contribution >= 0.6 is 0 Å². The van der Waals surface area contributed by atoms with Gasteiger partial charge in [0, 0.05) is 0 Å². The van der Waals surface area contributed by atoms with Gasteiger partial charge in [-0.3, -0.25) is 0 Å². The van der Waals surface area contributed by atoms with Crippen molar-refractivity contribution < 1.29 is 10.2 Å². The smallest absolute Gasteiger partial charge is 0.0578 e. The molecule has 0 heterocycles. The second-order valence-electron chi connectivity index (χ2n) is 4.66. The Morgan fingerprint density at radius 3 is 1.29 bits per heavy atom. The maximum atomic E-state index is 6.13. The van der Waals surface area contributed by atoms with E-state index < -0.39 is 0 Å². The highest BCUT2D eigenvalue weighted by molar-refractivity contribution is 4.71. The third-order valence-corrected chi connectivity index (χ3v) is 3.49. The topological polar surface area (TPSA) is 40.7 Å². The van der Waals surface area contributed by atoms with Gasteiger partial charge in [-0.25, -0.2) is 0 Å². The van der Waals surface area contributed by atoms with Gasteiger partial charge in [-0.2, -0.15) is 0 Å². The van der Waals surface area contributed by atoms with Gasteiger partial charge in [-0.1, -0.05) is 38.5 Å². The zero-order valence-corrected chi connectivity index (χ0v) is 9.13. The van der Waals surface area contributed by atoms with Crippen molar-refractivity contribution in [3.63, 3.8) is 0 Å². The predicted octanol–water partition coefficient (Wildman–Crippen LogP) is 2.84. The number of ether oxygens (including phenoxy) is 1. The molecule has 0 radical (unpaired) electrons. The standard InChI is InChI=1S/C12H22O.H2O/c1-3-7-11(8-4-1)13-12-9-5-2-6-10-12;/h11-12H,1-10H2;1H2. The van der Waals surface area contributed by atoms with E-state index in [9.17, 15) is 0 Å². The fourth-order valence-corrected chi connectivity index (χ4v) is 2.67. The van der Waals surface area contributed by atoms with Crippen LogP contribution in [-0.2, 0) is 4.74 Å². The summed E-state index contributed by atoms with van der Waals surface area (Å²) >= 11 is 0. The van der Waals surface area contributed by atoms with E-state index in [0.29, 0.717) is 12.2 Å². The van der Waals surface area contributed by atoms with Crippen LogP contribution in [0.15, 0.2) is 0 Å². The molecule has 84 valence electrons. The lowest BCUT2D eigenvalue weighted by molar-refractivity contribution is -0.0450. The van der Waals surface area contributed by atoms with E-state index in [1.165, 1.54) is 64.2 Å². The molecule has 0 atom stereocenters. The summed E-state index contributed by atoms with van der Waals surface area (Å²) in [5.74, 6) is 0. The summed E-state index contributed by atoms with van der Waals surface area (Å²) in [5, 5.41) is 0. The molecule has 0 unspecified atom stereocenters. The molecular weight excluding hydrogens is 176 g/mol. The average Bonchev–Trinajstić information content (AvgIpc) is 2.21. The van der Waals surface area contributed by atoms with Gasteiger partial charge in [0.25, 0.3) is 0 Å². The first-order valence-electron chi connectivity index (χ1n) is 6.10. The van der Waals surface area contributed by atoms with Gasteiger partial charge in [-0.15, -0.1) is 0 Å². The van der Waals surface area contributed by atoms with E-state index in [-0.39, 0.29) is 5.48 Å². The van der Waals surface area contributed by atoms with E-state index in [2.05, 4.69) is 0 Å². The Morgan fingerprint density at radius 2 is 0.929 bits per heavy atom. The summed E-state index contributed by atoms with van der Waals surface area (Å²) in [5.41, 5.74) is 0. The molecule has 2 N–H and O–H groups in total. The van der Waals surface area contributed by atoms with Crippen molar-refractivity contribution in [2.75, 3.05) is 0 Å². The van der Waals surface area contributed by atoms with Crippen LogP contribution in [0.25, 0.3) is 0 Å². The maximum absolute atomic E-state index is 6.13. The van der Waals surface area contributed by atoms with E-state index in [4.69, 9.17) is 4.74 Å². The van der Waals surface area contributed by atoms with Crippen LogP contribution in [0.1, 0.15) is 64.2 Å². The third kappa shape index (κ3) is 3.58. The van der Waals surface area contributed by atoms with Gasteiger partial charge >= 0.3 is 0 Å². The minimum absolute atomic E-state index is 0. The molecule has 0 bridgehead atoms. The minimum Gasteiger partial charge on any atom is -0.412 e. The highest BCUT2D eigenvalue weighted by Crippen LogP contribution is 2.26. The highest BCUT2D eigenvalue weighted by Gasteiger charge is 2.20. The predicted molar refractivity (Wildman–Crippen MR) is 58.4 cm³/mol. The van der Waals surface area contributed by atoms with E-state index in [1.807, 2.05) is 0 Å². The lowest BCUT2D eigenvalue weighted by atomic mass is 9.95. The Kier molecular flexibility index (Phi) is 5.49. The van der Waals surface area contributed by atoms with E-state index >= 15 is 0 Å². The van der Waals surface area contributed by atoms with Gasteiger partial charge < -0.3 is 10.2 Å². The summed E-state index contributed by atoms with van der Waals surface area (Å²) in [7, 11) is 0. The van der Waals surface area contributed by atoms with Crippen molar-refractivity contribution in [1.29, 1.82) is 0 Å². The maximum Gasteiger partial charge on any atom is 0.0578 e. The molecule has 0 amide bonds. The molecule has 2 saturated carbocycles. The van der Waals surface area contributed by atoms with Crippen molar-refractivity contribution in [2.24, 2.45) is 0 Å². The van der Waals surface area contributed by atoms with Gasteiger partial charge in [0.05, 0.1) is 12.2 Å². The van der Waals surface area contributed by atoms with E-state index in [0.717, 1.165) is 0 Å². The van der Waals surface area contributed by atoms with Crippen molar-refractivity contribution in [3.05, 3.63) is 0 Å². The van der Waals surface area contributed by atoms with Crippen LogP contribution in [-0.4, -0.2) is 17.7 Å². The average molecular weight is 200 g/mol. The molecule has 2 fully saturated rings. The highest BCUT2D eigenvalue weighted by atomic mass is 16.5. The first kappa shape index (κ1) is 12.0. The van der Waals surface area contributed by atoms with Crippen LogP contribution in [0.3, 0.4) is 0 Å². The van der Waals surface area contributed by atoms with Crippen LogP contribution in [0.2, 0.25) is 0 Å². The van der Waals surface area contributed by atoms with Gasteiger partial charge in [-0.05, 0) is 25.7 Å². The molecular formula is C12H24O2. The van der Waals surface area contributed by atoms with Crippen LogP contribution in [0.5, 0.6) is 0 Å². The van der Waals surface area contributed by atoms with Crippen molar-refractivity contribution >= 4 is 0 Å². The van der Waals surface area contributed by atoms with Gasteiger partial charge in [0.1, 0.15) is 0 Å². The molecule has 0 spiro atoms. The monoisotopic (exact) mass is 200 g/mol. The zero-order valence-electron chi connectivity index (χ0n) is 9.13. The third-order valence-electron chi connectivity index (χ3n) is 3.49. The Morgan fingerprint density at radius 1 is 0.571 bits per heavy atom. The van der Waals surface area contributed by atoms with Gasteiger partial charge in [0.2, 0.25) is 0 Å². The molecule has 2 heteroatoms. The first-order valence-corrected chi connectivity index (χ1v) is 6.10. The Bertz CT molecular complexity index is 119. The summed E-state index contributed by atoms with van der Waals surface area (Å²) in [4.78, 5) is 0. The second kappa shape index (κ2) is 6.41. The lowest BCUT2D eigenvalue weighted by Gasteiger charge is -2.29. The molecule has 0 aromatic heterocycles. The fraction of sp³-hybridized carbons (Fsp3) is 1.00. The molecule has 2 rings (SSSR count). The molecule has 0 aromatic rings. The second-order valence-corrected chi connectivity index (χ2v) is 4.66. The Hall–Kier alpha value is -0.0800. The SMILES string of the molecule is C1CCC(OC2CCCCC2)CC1.O. The molecule has 2 nitrogen and oxygen atoms in total. The summed E-state index contributed by atoms with van der Waals surface area (Å²) in [6.45, 7) is 0. The Balaban J connectivity index is 0.000000980. The number of hydrogen-bond donors (Lipinski definition) is 0. The van der Waals surface area contributed by atoms with Crippen molar-refractivity contribution in [3.8, 4) is 0 Å². The molecule has 0 saturated heterocycles. The fourth-order valence-electron chi connectivity index (χ4n) is 2.67. The minimum atomic E-state index is 0. The molecule has 0 aromatic carbocycles. The van der Waals surface area contributed by atoms with Crippen LogP contribution < -0.4 is 0 Å². The number of hydrogen-bond acceptors (Lipinski definition) is 1. The first-order chi connectivity index (χ1) is 6.45. The number of rotatable bonds is 2. The quantitative estimate of drug-likeness (QED) is 0.675. The molecule has 14 heavy (non-hydrogen) atoms. The summed E-state index contributed by atoms with van der Waals surface area (Å²) in [6.07, 6.45) is 15.0. The zero-order chi connectivity index (χ0) is 8.93. The van der Waals surface area contributed by atoms with Crippen molar-refractivity contribution in [1.82, 2.24) is 0 Å². The van der Waals surface area contributed by atoms with E-state index in [1.54, 1.807) is 0 Å². The normalized spacial score (nSPS) is 25.7. The lowest BCUT2D eigenvalue weighted by Crippen LogP contribution is -2.25. The summed E-state index contributed by atoms with van der Waals surface area (Å²) < 4.78 is 6.13. The van der Waals surface area contributed by atoms with Crippen molar-refractivity contribution in [2.45, 2.75) is 76.4 Å².